The molecule has 164 valence electrons. The van der Waals surface area contributed by atoms with Crippen LogP contribution in [0.25, 0.3) is 0 Å². The number of benzene rings is 1. The number of likely N-dealkylation sites (N-methyl/N-ethyl adjacent to an activating group) is 1. The second-order valence-electron chi connectivity index (χ2n) is 9.13. The number of carbonyl (C=O) groups is 1. The normalized spacial score (nSPS) is 18.9. The Bertz CT molecular complexity index is 957. The first kappa shape index (κ1) is 20.2. The quantitative estimate of drug-likeness (QED) is 0.637. The SMILES string of the molecule is CN1CCc2ccc(Nc3ncc(C4CC4)c(NCCCN4CCCC4=O)n3)cc2C1. The molecule has 2 aromatic rings. The zero-order valence-corrected chi connectivity index (χ0v) is 18.4. The number of nitrogens with one attached hydrogen (secondary N) is 2. The van der Waals surface area contributed by atoms with Gasteiger partial charge in [0.25, 0.3) is 0 Å². The van der Waals surface area contributed by atoms with E-state index in [2.05, 4.69) is 45.8 Å². The van der Waals surface area contributed by atoms with Crippen LogP contribution >= 0.6 is 0 Å². The van der Waals surface area contributed by atoms with Crippen molar-refractivity contribution in [3.05, 3.63) is 41.1 Å². The molecule has 1 aromatic heterocycles. The van der Waals surface area contributed by atoms with Crippen LogP contribution in [0.3, 0.4) is 0 Å². The molecule has 0 bridgehead atoms. The van der Waals surface area contributed by atoms with Crippen molar-refractivity contribution in [2.45, 2.75) is 51.0 Å². The molecular weight excluding hydrogens is 388 g/mol. The highest BCUT2D eigenvalue weighted by Gasteiger charge is 2.28. The maximum Gasteiger partial charge on any atom is 0.229 e. The van der Waals surface area contributed by atoms with E-state index >= 15 is 0 Å². The first-order valence-corrected chi connectivity index (χ1v) is 11.6. The van der Waals surface area contributed by atoms with Crippen molar-refractivity contribution >= 4 is 23.4 Å². The van der Waals surface area contributed by atoms with E-state index in [0.717, 1.165) is 63.5 Å². The third-order valence-corrected chi connectivity index (χ3v) is 6.57. The van der Waals surface area contributed by atoms with Crippen LogP contribution in [-0.4, -0.2) is 58.9 Å². The summed E-state index contributed by atoms with van der Waals surface area (Å²) < 4.78 is 0. The van der Waals surface area contributed by atoms with Crippen molar-refractivity contribution in [2.24, 2.45) is 0 Å². The summed E-state index contributed by atoms with van der Waals surface area (Å²) in [7, 11) is 2.17. The van der Waals surface area contributed by atoms with Gasteiger partial charge in [0.1, 0.15) is 5.82 Å². The maximum atomic E-state index is 11.8. The Morgan fingerprint density at radius 1 is 1.16 bits per heavy atom. The highest BCUT2D eigenvalue weighted by atomic mass is 16.2. The van der Waals surface area contributed by atoms with Crippen LogP contribution in [0.1, 0.15) is 54.7 Å². The lowest BCUT2D eigenvalue weighted by molar-refractivity contribution is -0.127. The number of hydrogen-bond donors (Lipinski definition) is 2. The molecule has 0 spiro atoms. The van der Waals surface area contributed by atoms with E-state index in [9.17, 15) is 4.79 Å². The summed E-state index contributed by atoms with van der Waals surface area (Å²) in [5.41, 5.74) is 5.07. The molecule has 1 aliphatic carbocycles. The molecule has 2 aliphatic heterocycles. The van der Waals surface area contributed by atoms with Crippen molar-refractivity contribution < 1.29 is 4.79 Å². The Morgan fingerprint density at radius 2 is 2.06 bits per heavy atom. The molecule has 0 atom stereocenters. The Kier molecular flexibility index (Phi) is 5.76. The molecule has 1 aromatic carbocycles. The summed E-state index contributed by atoms with van der Waals surface area (Å²) in [6.45, 7) is 4.64. The van der Waals surface area contributed by atoms with E-state index in [1.54, 1.807) is 0 Å². The summed E-state index contributed by atoms with van der Waals surface area (Å²) in [6.07, 6.45) is 8.15. The number of hydrogen-bond acceptors (Lipinski definition) is 6. The zero-order valence-electron chi connectivity index (χ0n) is 18.4. The van der Waals surface area contributed by atoms with Gasteiger partial charge in [0.05, 0.1) is 0 Å². The van der Waals surface area contributed by atoms with Crippen LogP contribution in [0, 0.1) is 0 Å². The lowest BCUT2D eigenvalue weighted by Gasteiger charge is -2.25. The number of aromatic nitrogens is 2. The van der Waals surface area contributed by atoms with Gasteiger partial charge in [0.15, 0.2) is 0 Å². The molecule has 3 heterocycles. The highest BCUT2D eigenvalue weighted by Crippen LogP contribution is 2.42. The summed E-state index contributed by atoms with van der Waals surface area (Å²) >= 11 is 0. The number of likely N-dealkylation sites (tertiary alicyclic amines) is 1. The topological polar surface area (TPSA) is 73.4 Å². The summed E-state index contributed by atoms with van der Waals surface area (Å²) in [4.78, 5) is 25.5. The fourth-order valence-corrected chi connectivity index (χ4v) is 4.61. The molecule has 3 aliphatic rings. The average molecular weight is 421 g/mol. The zero-order chi connectivity index (χ0) is 21.2. The predicted molar refractivity (Wildman–Crippen MR) is 123 cm³/mol. The number of fused-ring (bicyclic) bond motifs is 1. The van der Waals surface area contributed by atoms with Crippen LogP contribution in [0.2, 0.25) is 0 Å². The highest BCUT2D eigenvalue weighted by molar-refractivity contribution is 5.78. The molecule has 1 saturated heterocycles. The van der Waals surface area contributed by atoms with E-state index in [-0.39, 0.29) is 0 Å². The van der Waals surface area contributed by atoms with Crippen LogP contribution in [0.15, 0.2) is 24.4 Å². The van der Waals surface area contributed by atoms with Gasteiger partial charge in [-0.3, -0.25) is 4.79 Å². The average Bonchev–Trinajstić information content (AvgIpc) is 3.53. The van der Waals surface area contributed by atoms with Gasteiger partial charge in [0.2, 0.25) is 11.9 Å². The third kappa shape index (κ3) is 4.82. The molecule has 7 nitrogen and oxygen atoms in total. The second kappa shape index (κ2) is 8.83. The van der Waals surface area contributed by atoms with Crippen molar-refractivity contribution in [3.8, 4) is 0 Å². The van der Waals surface area contributed by atoms with Gasteiger partial charge in [-0.05, 0) is 68.3 Å². The van der Waals surface area contributed by atoms with Crippen LogP contribution in [-0.2, 0) is 17.8 Å². The Balaban J connectivity index is 1.24. The smallest absolute Gasteiger partial charge is 0.229 e. The molecule has 1 amide bonds. The predicted octanol–water partition coefficient (Wildman–Crippen LogP) is 3.51. The first-order valence-electron chi connectivity index (χ1n) is 11.6. The number of rotatable bonds is 8. The first-order chi connectivity index (χ1) is 15.2. The van der Waals surface area contributed by atoms with E-state index < -0.39 is 0 Å². The van der Waals surface area contributed by atoms with Gasteiger partial charge >= 0.3 is 0 Å². The Morgan fingerprint density at radius 3 is 2.87 bits per heavy atom. The van der Waals surface area contributed by atoms with E-state index in [0.29, 0.717) is 24.2 Å². The standard InChI is InChI=1S/C24H32N6O/c1-29-13-9-17-7-8-20(14-19(17)16-29)27-24-26-15-21(18-5-6-18)23(28-24)25-10-3-12-30-11-2-4-22(30)31/h7-8,14-15,18H,2-6,9-13,16H2,1H3,(H2,25,26,27,28). The van der Waals surface area contributed by atoms with Crippen molar-refractivity contribution in [1.82, 2.24) is 19.8 Å². The lowest BCUT2D eigenvalue weighted by atomic mass is 9.99. The van der Waals surface area contributed by atoms with E-state index in [1.807, 2.05) is 11.1 Å². The van der Waals surface area contributed by atoms with E-state index in [1.165, 1.54) is 29.5 Å². The van der Waals surface area contributed by atoms with Gasteiger partial charge in [-0.15, -0.1) is 0 Å². The fraction of sp³-hybridized carbons (Fsp3) is 0.542. The minimum atomic E-state index is 0.295. The van der Waals surface area contributed by atoms with Crippen molar-refractivity contribution in [2.75, 3.05) is 43.9 Å². The number of carbonyl (C=O) groups excluding carboxylic acids is 1. The molecule has 0 unspecified atom stereocenters. The molecule has 1 saturated carbocycles. The molecule has 0 radical (unpaired) electrons. The van der Waals surface area contributed by atoms with Gasteiger partial charge in [0, 0.05) is 56.6 Å². The van der Waals surface area contributed by atoms with Gasteiger partial charge < -0.3 is 20.4 Å². The third-order valence-electron chi connectivity index (χ3n) is 6.57. The van der Waals surface area contributed by atoms with Crippen LogP contribution in [0.4, 0.5) is 17.5 Å². The number of anilines is 3. The number of amides is 1. The lowest BCUT2D eigenvalue weighted by Crippen LogP contribution is -2.27. The minimum Gasteiger partial charge on any atom is -0.370 e. The monoisotopic (exact) mass is 420 g/mol. The van der Waals surface area contributed by atoms with Crippen molar-refractivity contribution in [1.29, 1.82) is 0 Å². The number of nitrogens with zero attached hydrogens (tertiary/aromatic N) is 4. The van der Waals surface area contributed by atoms with Gasteiger partial charge in [-0.2, -0.15) is 4.98 Å². The maximum absolute atomic E-state index is 11.8. The molecule has 5 rings (SSSR count). The molecule has 7 heteroatoms. The van der Waals surface area contributed by atoms with Crippen LogP contribution in [0.5, 0.6) is 0 Å². The molecule has 2 fully saturated rings. The second-order valence-corrected chi connectivity index (χ2v) is 9.13. The summed E-state index contributed by atoms with van der Waals surface area (Å²) in [5.74, 6) is 2.44. The van der Waals surface area contributed by atoms with Gasteiger partial charge in [-0.1, -0.05) is 6.07 Å². The largest absolute Gasteiger partial charge is 0.370 e. The molecular formula is C24H32N6O. The van der Waals surface area contributed by atoms with E-state index in [4.69, 9.17) is 4.98 Å². The van der Waals surface area contributed by atoms with Crippen LogP contribution < -0.4 is 10.6 Å². The van der Waals surface area contributed by atoms with Crippen molar-refractivity contribution in [3.63, 3.8) is 0 Å². The molecule has 31 heavy (non-hydrogen) atoms. The Hall–Kier alpha value is -2.67. The minimum absolute atomic E-state index is 0.295. The summed E-state index contributed by atoms with van der Waals surface area (Å²) in [6, 6.07) is 6.58. The van der Waals surface area contributed by atoms with Gasteiger partial charge in [-0.25, -0.2) is 4.98 Å². The summed E-state index contributed by atoms with van der Waals surface area (Å²) in [5, 5.41) is 6.92. The molecule has 2 N–H and O–H groups in total. The Labute approximate surface area is 184 Å². The fourth-order valence-electron chi connectivity index (χ4n) is 4.61.